The fourth-order valence-electron chi connectivity index (χ4n) is 0.547. The van der Waals surface area contributed by atoms with Crippen LogP contribution in [0.2, 0.25) is 0 Å². The zero-order valence-corrected chi connectivity index (χ0v) is 7.13. The molecule has 0 radical (unpaired) electrons. The van der Waals surface area contributed by atoms with Crippen LogP contribution < -0.4 is 5.32 Å². The minimum atomic E-state index is -0.532. The molecule has 0 saturated heterocycles. The Bertz CT molecular complexity index is 125. The topological polar surface area (TPSA) is 58.6 Å². The lowest BCUT2D eigenvalue weighted by molar-refractivity contribution is -0.126. The first-order valence-electron chi connectivity index (χ1n) is 3.54. The van der Waals surface area contributed by atoms with Crippen molar-refractivity contribution in [2.24, 2.45) is 0 Å². The van der Waals surface area contributed by atoms with Gasteiger partial charge in [0, 0.05) is 7.11 Å². The monoisotopic (exact) mass is 161 g/mol. The van der Waals surface area contributed by atoms with E-state index < -0.39 is 6.10 Å². The maximum atomic E-state index is 10.8. The predicted octanol–water partition coefficient (Wildman–Crippen LogP) is -0.482. The summed E-state index contributed by atoms with van der Waals surface area (Å²) in [6.07, 6.45) is -0.532. The van der Waals surface area contributed by atoms with Gasteiger partial charge < -0.3 is 15.2 Å². The van der Waals surface area contributed by atoms with E-state index in [9.17, 15) is 4.79 Å². The highest BCUT2D eigenvalue weighted by Crippen LogP contribution is 1.89. The molecule has 11 heavy (non-hydrogen) atoms. The highest BCUT2D eigenvalue weighted by Gasteiger charge is 2.10. The number of rotatable bonds is 4. The van der Waals surface area contributed by atoms with Crippen molar-refractivity contribution in [2.45, 2.75) is 26.0 Å². The van der Waals surface area contributed by atoms with Crippen molar-refractivity contribution in [1.82, 2.24) is 5.32 Å². The van der Waals surface area contributed by atoms with E-state index in [0.717, 1.165) is 0 Å². The molecule has 0 aliphatic heterocycles. The van der Waals surface area contributed by atoms with Gasteiger partial charge in [0.1, 0.15) is 6.61 Å². The van der Waals surface area contributed by atoms with Crippen LogP contribution in [-0.4, -0.2) is 36.9 Å². The molecule has 2 N–H and O–H groups in total. The molecule has 0 rings (SSSR count). The molecule has 0 aromatic heterocycles. The van der Waals surface area contributed by atoms with Crippen molar-refractivity contribution in [3.8, 4) is 0 Å². The van der Waals surface area contributed by atoms with Gasteiger partial charge in [-0.15, -0.1) is 0 Å². The van der Waals surface area contributed by atoms with E-state index in [1.807, 2.05) is 0 Å². The van der Waals surface area contributed by atoms with Gasteiger partial charge in [-0.1, -0.05) is 0 Å². The van der Waals surface area contributed by atoms with Crippen LogP contribution in [0.1, 0.15) is 13.8 Å². The molecular weight excluding hydrogens is 146 g/mol. The lowest BCUT2D eigenvalue weighted by Gasteiger charge is -2.15. The second-order valence-corrected chi connectivity index (χ2v) is 2.53. The van der Waals surface area contributed by atoms with Crippen molar-refractivity contribution in [2.75, 3.05) is 13.7 Å². The number of carbonyl (C=O) groups is 1. The van der Waals surface area contributed by atoms with Gasteiger partial charge >= 0.3 is 0 Å². The molecule has 0 aliphatic rings. The smallest absolute Gasteiger partial charge is 0.246 e. The predicted molar refractivity (Wildman–Crippen MR) is 41.2 cm³/mol. The van der Waals surface area contributed by atoms with Gasteiger partial charge in [-0.2, -0.15) is 0 Å². The fraction of sp³-hybridized carbons (Fsp3) is 0.857. The largest absolute Gasteiger partial charge is 0.391 e. The van der Waals surface area contributed by atoms with Crippen LogP contribution in [0.3, 0.4) is 0 Å². The Morgan fingerprint density at radius 2 is 2.18 bits per heavy atom. The SMILES string of the molecule is COCC(=O)NC(C)C(C)O. The van der Waals surface area contributed by atoms with Crippen LogP contribution in [0.5, 0.6) is 0 Å². The van der Waals surface area contributed by atoms with Gasteiger partial charge in [-0.3, -0.25) is 4.79 Å². The molecule has 66 valence electrons. The molecule has 0 bridgehead atoms. The number of hydrogen-bond donors (Lipinski definition) is 2. The summed E-state index contributed by atoms with van der Waals surface area (Å²) in [5, 5.41) is 11.5. The minimum Gasteiger partial charge on any atom is -0.391 e. The van der Waals surface area contributed by atoms with Crippen LogP contribution in [0, 0.1) is 0 Å². The maximum absolute atomic E-state index is 10.8. The minimum absolute atomic E-state index is 0.0387. The number of amides is 1. The third kappa shape index (κ3) is 4.75. The zero-order chi connectivity index (χ0) is 8.85. The van der Waals surface area contributed by atoms with E-state index in [-0.39, 0.29) is 18.6 Å². The summed E-state index contributed by atoms with van der Waals surface area (Å²) in [5.41, 5.74) is 0. The number of aliphatic hydroxyl groups is 1. The number of methoxy groups -OCH3 is 1. The number of nitrogens with one attached hydrogen (secondary N) is 1. The Kier molecular flexibility index (Phi) is 4.81. The van der Waals surface area contributed by atoms with E-state index in [2.05, 4.69) is 10.1 Å². The van der Waals surface area contributed by atoms with Crippen molar-refractivity contribution < 1.29 is 14.6 Å². The van der Waals surface area contributed by atoms with Crippen LogP contribution in [-0.2, 0) is 9.53 Å². The quantitative estimate of drug-likeness (QED) is 0.585. The highest BCUT2D eigenvalue weighted by molar-refractivity contribution is 5.77. The molecule has 0 aromatic rings. The number of hydrogen-bond acceptors (Lipinski definition) is 3. The maximum Gasteiger partial charge on any atom is 0.246 e. The average molecular weight is 161 g/mol. The lowest BCUT2D eigenvalue weighted by Crippen LogP contribution is -2.41. The molecule has 2 atom stereocenters. The molecule has 0 aromatic carbocycles. The first-order valence-corrected chi connectivity index (χ1v) is 3.54. The van der Waals surface area contributed by atoms with Gasteiger partial charge in [-0.25, -0.2) is 0 Å². The van der Waals surface area contributed by atoms with Crippen molar-refractivity contribution in [1.29, 1.82) is 0 Å². The summed E-state index contributed by atoms with van der Waals surface area (Å²) in [6.45, 7) is 3.40. The summed E-state index contributed by atoms with van der Waals surface area (Å²) in [7, 11) is 1.45. The molecule has 0 spiro atoms. The molecule has 0 heterocycles. The molecule has 0 saturated carbocycles. The van der Waals surface area contributed by atoms with Crippen molar-refractivity contribution in [3.63, 3.8) is 0 Å². The Morgan fingerprint density at radius 1 is 1.64 bits per heavy atom. The number of aliphatic hydroxyl groups excluding tert-OH is 1. The van der Waals surface area contributed by atoms with Crippen LogP contribution in [0.25, 0.3) is 0 Å². The summed E-state index contributed by atoms with van der Waals surface area (Å²) in [5.74, 6) is -0.208. The third-order valence-electron chi connectivity index (χ3n) is 1.39. The molecule has 0 fully saturated rings. The van der Waals surface area contributed by atoms with Gasteiger partial charge in [0.25, 0.3) is 0 Å². The van der Waals surface area contributed by atoms with Crippen LogP contribution >= 0.6 is 0 Å². The van der Waals surface area contributed by atoms with Crippen LogP contribution in [0.4, 0.5) is 0 Å². The van der Waals surface area contributed by atoms with E-state index in [4.69, 9.17) is 5.11 Å². The number of ether oxygens (including phenoxy) is 1. The molecule has 4 nitrogen and oxygen atoms in total. The normalized spacial score (nSPS) is 15.6. The summed E-state index contributed by atoms with van der Waals surface area (Å²) in [4.78, 5) is 10.8. The van der Waals surface area contributed by atoms with Crippen molar-refractivity contribution in [3.05, 3.63) is 0 Å². The Balaban J connectivity index is 3.57. The van der Waals surface area contributed by atoms with Gasteiger partial charge in [-0.05, 0) is 13.8 Å². The summed E-state index contributed by atoms with van der Waals surface area (Å²) >= 11 is 0. The Morgan fingerprint density at radius 3 is 2.55 bits per heavy atom. The van der Waals surface area contributed by atoms with E-state index in [1.54, 1.807) is 13.8 Å². The van der Waals surface area contributed by atoms with Crippen LogP contribution in [0.15, 0.2) is 0 Å². The Hall–Kier alpha value is -0.610. The van der Waals surface area contributed by atoms with Gasteiger partial charge in [0.2, 0.25) is 5.91 Å². The standard InChI is InChI=1S/C7H15NO3/c1-5(6(2)9)8-7(10)4-11-3/h5-6,9H,4H2,1-3H3,(H,8,10). The molecule has 1 amide bonds. The first kappa shape index (κ1) is 10.4. The van der Waals surface area contributed by atoms with Crippen molar-refractivity contribution >= 4 is 5.91 Å². The second-order valence-electron chi connectivity index (χ2n) is 2.53. The van der Waals surface area contributed by atoms with E-state index in [0.29, 0.717) is 0 Å². The highest BCUT2D eigenvalue weighted by atomic mass is 16.5. The number of carbonyl (C=O) groups excluding carboxylic acids is 1. The van der Waals surface area contributed by atoms with E-state index >= 15 is 0 Å². The van der Waals surface area contributed by atoms with E-state index in [1.165, 1.54) is 7.11 Å². The first-order chi connectivity index (χ1) is 5.07. The van der Waals surface area contributed by atoms with Gasteiger partial charge in [0.15, 0.2) is 0 Å². The zero-order valence-electron chi connectivity index (χ0n) is 7.13. The molecule has 2 unspecified atom stereocenters. The lowest BCUT2D eigenvalue weighted by atomic mass is 10.2. The molecule has 0 aliphatic carbocycles. The second kappa shape index (κ2) is 5.09. The Labute approximate surface area is 66.5 Å². The summed E-state index contributed by atoms with van der Waals surface area (Å²) < 4.78 is 4.59. The molecule has 4 heteroatoms. The fourth-order valence-corrected chi connectivity index (χ4v) is 0.547. The van der Waals surface area contributed by atoms with Gasteiger partial charge in [0.05, 0.1) is 12.1 Å². The average Bonchev–Trinajstić information content (AvgIpc) is 1.87. The third-order valence-corrected chi connectivity index (χ3v) is 1.39. The molecular formula is C7H15NO3. The summed E-state index contributed by atoms with van der Waals surface area (Å²) in [6, 6.07) is -0.224.